The van der Waals surface area contributed by atoms with E-state index in [0.717, 1.165) is 38.8 Å². The molecule has 1 N–H and O–H groups in total. The number of amides is 1. The van der Waals surface area contributed by atoms with Gasteiger partial charge in [0.2, 0.25) is 6.79 Å². The second-order valence-corrected chi connectivity index (χ2v) is 8.45. The standard InChI is InChI=1S/C29H22N4O3/c1-19-7-2-5-12-25(19)33-26(23-11-6-9-21-8-3-4-10-22(21)23)16-24(32-33)29(34)31-30-17-20-13-14-27-28(15-20)36-18-35-27/h2-17H,18H2,1H3,(H,31,34)/b30-17-. The normalized spacial score (nSPS) is 12.4. The van der Waals surface area contributed by atoms with Crippen molar-refractivity contribution >= 4 is 22.9 Å². The van der Waals surface area contributed by atoms with E-state index in [-0.39, 0.29) is 12.5 Å². The molecule has 4 aromatic carbocycles. The fourth-order valence-electron chi connectivity index (χ4n) is 4.33. The summed E-state index contributed by atoms with van der Waals surface area (Å²) >= 11 is 0. The molecule has 1 aliphatic heterocycles. The summed E-state index contributed by atoms with van der Waals surface area (Å²) in [4.78, 5) is 13.1. The van der Waals surface area contributed by atoms with Gasteiger partial charge in [0.15, 0.2) is 17.2 Å². The van der Waals surface area contributed by atoms with Gasteiger partial charge in [-0.15, -0.1) is 0 Å². The molecular weight excluding hydrogens is 452 g/mol. The number of fused-ring (bicyclic) bond motifs is 2. The number of carbonyl (C=O) groups is 1. The van der Waals surface area contributed by atoms with Gasteiger partial charge in [-0.25, -0.2) is 10.1 Å². The summed E-state index contributed by atoms with van der Waals surface area (Å²) in [6.07, 6.45) is 1.56. The maximum absolute atomic E-state index is 13.1. The molecule has 0 unspecified atom stereocenters. The van der Waals surface area contributed by atoms with Crippen LogP contribution in [0.3, 0.4) is 0 Å². The smallest absolute Gasteiger partial charge is 0.291 e. The van der Waals surface area contributed by atoms with Gasteiger partial charge >= 0.3 is 0 Å². The molecule has 1 amide bonds. The Morgan fingerprint density at radius 3 is 2.67 bits per heavy atom. The van der Waals surface area contributed by atoms with Crippen molar-refractivity contribution in [3.63, 3.8) is 0 Å². The van der Waals surface area contributed by atoms with Crippen molar-refractivity contribution < 1.29 is 14.3 Å². The molecule has 0 saturated carbocycles. The summed E-state index contributed by atoms with van der Waals surface area (Å²) in [7, 11) is 0. The summed E-state index contributed by atoms with van der Waals surface area (Å²) in [5.41, 5.74) is 7.41. The Morgan fingerprint density at radius 1 is 0.944 bits per heavy atom. The third-order valence-electron chi connectivity index (χ3n) is 6.13. The lowest BCUT2D eigenvalue weighted by atomic mass is 10.0. The fourth-order valence-corrected chi connectivity index (χ4v) is 4.33. The Bertz CT molecular complexity index is 1630. The Balaban J connectivity index is 1.36. The highest BCUT2D eigenvalue weighted by Gasteiger charge is 2.19. The largest absolute Gasteiger partial charge is 0.454 e. The molecule has 36 heavy (non-hydrogen) atoms. The first kappa shape index (κ1) is 21.6. The second-order valence-electron chi connectivity index (χ2n) is 8.45. The Labute approximate surface area is 207 Å². The van der Waals surface area contributed by atoms with E-state index in [1.807, 2.05) is 78.3 Å². The molecule has 0 saturated heterocycles. The van der Waals surface area contributed by atoms with Crippen LogP contribution in [-0.2, 0) is 0 Å². The SMILES string of the molecule is Cc1ccccc1-n1nc(C(=O)N/N=C\c2ccc3c(c2)OCO3)cc1-c1cccc2ccccc12. The quantitative estimate of drug-likeness (QED) is 0.270. The molecule has 1 aromatic heterocycles. The first-order valence-electron chi connectivity index (χ1n) is 11.5. The number of hydrogen-bond acceptors (Lipinski definition) is 5. The van der Waals surface area contributed by atoms with E-state index < -0.39 is 5.91 Å². The average molecular weight is 475 g/mol. The summed E-state index contributed by atoms with van der Waals surface area (Å²) < 4.78 is 12.5. The van der Waals surface area contributed by atoms with Crippen molar-refractivity contribution in [2.45, 2.75) is 6.92 Å². The maximum atomic E-state index is 13.1. The lowest BCUT2D eigenvalue weighted by Gasteiger charge is -2.12. The van der Waals surface area contributed by atoms with Crippen LogP contribution >= 0.6 is 0 Å². The number of aromatic nitrogens is 2. The molecule has 6 rings (SSSR count). The number of nitrogens with one attached hydrogen (secondary N) is 1. The van der Waals surface area contributed by atoms with Gasteiger partial charge < -0.3 is 9.47 Å². The molecule has 0 bridgehead atoms. The number of benzene rings is 4. The van der Waals surface area contributed by atoms with E-state index in [4.69, 9.17) is 14.6 Å². The minimum atomic E-state index is -0.402. The molecular formula is C29H22N4O3. The molecule has 7 nitrogen and oxygen atoms in total. The van der Waals surface area contributed by atoms with Gasteiger partial charge in [0, 0.05) is 5.56 Å². The minimum Gasteiger partial charge on any atom is -0.454 e. The predicted molar refractivity (Wildman–Crippen MR) is 139 cm³/mol. The average Bonchev–Trinajstić information content (AvgIpc) is 3.56. The van der Waals surface area contributed by atoms with Gasteiger partial charge in [-0.3, -0.25) is 4.79 Å². The van der Waals surface area contributed by atoms with Gasteiger partial charge in [-0.2, -0.15) is 10.2 Å². The number of ether oxygens (including phenoxy) is 2. The Morgan fingerprint density at radius 2 is 1.75 bits per heavy atom. The highest BCUT2D eigenvalue weighted by molar-refractivity contribution is 5.99. The molecule has 0 radical (unpaired) electrons. The van der Waals surface area contributed by atoms with Crippen LogP contribution in [0.15, 0.2) is 96.1 Å². The number of aryl methyl sites for hydroxylation is 1. The number of nitrogens with zero attached hydrogens (tertiary/aromatic N) is 3. The summed E-state index contributed by atoms with van der Waals surface area (Å²) in [6, 6.07) is 29.6. The van der Waals surface area contributed by atoms with E-state index in [0.29, 0.717) is 11.5 Å². The van der Waals surface area contributed by atoms with Crippen molar-refractivity contribution in [3.8, 4) is 28.4 Å². The van der Waals surface area contributed by atoms with Crippen molar-refractivity contribution in [3.05, 3.63) is 108 Å². The van der Waals surface area contributed by atoms with E-state index in [9.17, 15) is 4.79 Å². The highest BCUT2D eigenvalue weighted by Crippen LogP contribution is 2.33. The number of hydrogen-bond donors (Lipinski definition) is 1. The summed E-state index contributed by atoms with van der Waals surface area (Å²) in [5.74, 6) is 0.946. The molecule has 0 atom stereocenters. The van der Waals surface area contributed by atoms with Gasteiger partial charge in [-0.05, 0) is 59.2 Å². The number of rotatable bonds is 5. The van der Waals surface area contributed by atoms with Crippen LogP contribution in [0.5, 0.6) is 11.5 Å². The Kier molecular flexibility index (Phi) is 5.42. The van der Waals surface area contributed by atoms with Crippen LogP contribution in [0.1, 0.15) is 21.6 Å². The van der Waals surface area contributed by atoms with Crippen LogP contribution in [0, 0.1) is 6.92 Å². The zero-order chi connectivity index (χ0) is 24.5. The highest BCUT2D eigenvalue weighted by atomic mass is 16.7. The van der Waals surface area contributed by atoms with Crippen molar-refractivity contribution in [2.75, 3.05) is 6.79 Å². The zero-order valence-corrected chi connectivity index (χ0v) is 19.5. The Hall–Kier alpha value is -4.91. The molecule has 176 valence electrons. The van der Waals surface area contributed by atoms with Crippen LogP contribution in [0.25, 0.3) is 27.7 Å². The number of carbonyl (C=O) groups excluding carboxylic acids is 1. The molecule has 0 fully saturated rings. The lowest BCUT2D eigenvalue weighted by molar-refractivity contribution is 0.0949. The van der Waals surface area contributed by atoms with Crippen molar-refractivity contribution in [1.82, 2.24) is 15.2 Å². The van der Waals surface area contributed by atoms with Crippen LogP contribution < -0.4 is 14.9 Å². The predicted octanol–water partition coefficient (Wildman–Crippen LogP) is 5.49. The fraction of sp³-hybridized carbons (Fsp3) is 0.0690. The molecule has 0 spiro atoms. The van der Waals surface area contributed by atoms with E-state index >= 15 is 0 Å². The topological polar surface area (TPSA) is 77.7 Å². The van der Waals surface area contributed by atoms with Crippen LogP contribution in [0.2, 0.25) is 0 Å². The monoisotopic (exact) mass is 474 g/mol. The third kappa shape index (κ3) is 3.96. The van der Waals surface area contributed by atoms with Crippen molar-refractivity contribution in [2.24, 2.45) is 5.10 Å². The molecule has 1 aliphatic rings. The minimum absolute atomic E-state index is 0.204. The van der Waals surface area contributed by atoms with E-state index in [1.54, 1.807) is 12.3 Å². The maximum Gasteiger partial charge on any atom is 0.291 e. The van der Waals surface area contributed by atoms with Crippen molar-refractivity contribution in [1.29, 1.82) is 0 Å². The first-order valence-corrected chi connectivity index (χ1v) is 11.5. The molecule has 2 heterocycles. The summed E-state index contributed by atoms with van der Waals surface area (Å²) in [5, 5.41) is 11.0. The lowest BCUT2D eigenvalue weighted by Crippen LogP contribution is -2.18. The van der Waals surface area contributed by atoms with Gasteiger partial charge in [0.1, 0.15) is 0 Å². The number of para-hydroxylation sites is 1. The third-order valence-corrected chi connectivity index (χ3v) is 6.13. The van der Waals surface area contributed by atoms with Gasteiger partial charge in [0.25, 0.3) is 5.91 Å². The first-order chi connectivity index (χ1) is 17.7. The van der Waals surface area contributed by atoms with E-state index in [1.165, 1.54) is 0 Å². The van der Waals surface area contributed by atoms with E-state index in [2.05, 4.69) is 28.7 Å². The van der Waals surface area contributed by atoms with Crippen LogP contribution in [-0.4, -0.2) is 28.7 Å². The van der Waals surface area contributed by atoms with Crippen LogP contribution in [0.4, 0.5) is 0 Å². The van der Waals surface area contributed by atoms with Gasteiger partial charge in [-0.1, -0.05) is 60.7 Å². The summed E-state index contributed by atoms with van der Waals surface area (Å²) in [6.45, 7) is 2.23. The molecule has 5 aromatic rings. The second kappa shape index (κ2) is 9.03. The zero-order valence-electron chi connectivity index (χ0n) is 19.5. The number of hydrazone groups is 1. The van der Waals surface area contributed by atoms with Gasteiger partial charge in [0.05, 0.1) is 17.6 Å². The molecule has 0 aliphatic carbocycles. The molecule has 7 heteroatoms.